The second-order valence-corrected chi connectivity index (χ2v) is 5.33. The van der Waals surface area contributed by atoms with E-state index in [1.807, 2.05) is 66.5 Å². The number of para-hydroxylation sites is 1. The maximum Gasteiger partial charge on any atom is 0.235 e. The Bertz CT molecular complexity index is 866. The lowest BCUT2D eigenvalue weighted by atomic mass is 10.2. The quantitative estimate of drug-likeness (QED) is 0.714. The van der Waals surface area contributed by atoms with Crippen LogP contribution in [0.5, 0.6) is 5.75 Å². The highest BCUT2D eigenvalue weighted by atomic mass is 16.5. The van der Waals surface area contributed by atoms with Gasteiger partial charge in [0.25, 0.3) is 0 Å². The van der Waals surface area contributed by atoms with E-state index in [9.17, 15) is 5.26 Å². The van der Waals surface area contributed by atoms with Crippen LogP contribution in [0, 0.1) is 11.3 Å². The highest BCUT2D eigenvalue weighted by Crippen LogP contribution is 2.33. The summed E-state index contributed by atoms with van der Waals surface area (Å²) in [7, 11) is 3.47. The van der Waals surface area contributed by atoms with Crippen LogP contribution in [-0.2, 0) is 6.54 Å². The molecule has 0 aliphatic rings. The minimum Gasteiger partial charge on any atom is -0.496 e. The molecule has 0 spiro atoms. The second-order valence-electron chi connectivity index (χ2n) is 5.33. The zero-order valence-corrected chi connectivity index (χ0v) is 13.6. The molecular weight excluding hydrogens is 302 g/mol. The smallest absolute Gasteiger partial charge is 0.235 e. The lowest BCUT2D eigenvalue weighted by molar-refractivity contribution is 0.414. The average Bonchev–Trinajstić information content (AvgIpc) is 3.07. The first-order valence-electron chi connectivity index (χ1n) is 7.52. The summed E-state index contributed by atoms with van der Waals surface area (Å²) >= 11 is 0. The van der Waals surface area contributed by atoms with Gasteiger partial charge in [0.2, 0.25) is 17.5 Å². The van der Waals surface area contributed by atoms with Crippen LogP contribution in [0.1, 0.15) is 11.3 Å². The summed E-state index contributed by atoms with van der Waals surface area (Å²) in [4.78, 5) is 6.20. The molecule has 5 nitrogen and oxygen atoms in total. The van der Waals surface area contributed by atoms with Crippen LogP contribution < -0.4 is 9.64 Å². The van der Waals surface area contributed by atoms with Gasteiger partial charge in [-0.1, -0.05) is 42.5 Å². The molecule has 0 saturated carbocycles. The summed E-state index contributed by atoms with van der Waals surface area (Å²) in [6.07, 6.45) is 0. The summed E-state index contributed by atoms with van der Waals surface area (Å²) in [5.41, 5.74) is 2.10. The first-order chi connectivity index (χ1) is 11.7. The van der Waals surface area contributed by atoms with Crippen molar-refractivity contribution < 1.29 is 9.15 Å². The molecule has 0 saturated heterocycles. The van der Waals surface area contributed by atoms with Gasteiger partial charge in [-0.3, -0.25) is 0 Å². The third-order valence-corrected chi connectivity index (χ3v) is 3.66. The van der Waals surface area contributed by atoms with Crippen molar-refractivity contribution in [3.05, 3.63) is 65.9 Å². The Balaban J connectivity index is 1.95. The van der Waals surface area contributed by atoms with Gasteiger partial charge in [-0.05, 0) is 17.7 Å². The van der Waals surface area contributed by atoms with Crippen molar-refractivity contribution in [2.75, 3.05) is 19.1 Å². The minimum atomic E-state index is 0.259. The summed E-state index contributed by atoms with van der Waals surface area (Å²) in [5, 5.41) is 9.39. The molecule has 5 heteroatoms. The molecule has 3 aromatic rings. The first-order valence-corrected chi connectivity index (χ1v) is 7.52. The van der Waals surface area contributed by atoms with E-state index in [0.29, 0.717) is 24.1 Å². The molecule has 120 valence electrons. The van der Waals surface area contributed by atoms with E-state index in [1.54, 1.807) is 7.11 Å². The molecule has 0 atom stereocenters. The van der Waals surface area contributed by atoms with Crippen LogP contribution in [0.2, 0.25) is 0 Å². The van der Waals surface area contributed by atoms with Crippen molar-refractivity contribution >= 4 is 5.88 Å². The molecule has 0 bridgehead atoms. The maximum atomic E-state index is 9.39. The van der Waals surface area contributed by atoms with Crippen LogP contribution in [0.3, 0.4) is 0 Å². The fourth-order valence-corrected chi connectivity index (χ4v) is 2.51. The van der Waals surface area contributed by atoms with Gasteiger partial charge in [0.15, 0.2) is 0 Å². The monoisotopic (exact) mass is 319 g/mol. The number of nitriles is 1. The van der Waals surface area contributed by atoms with Gasteiger partial charge in [-0.25, -0.2) is 0 Å². The zero-order chi connectivity index (χ0) is 16.9. The number of rotatable bonds is 5. The lowest BCUT2D eigenvalue weighted by Gasteiger charge is -2.15. The Morgan fingerprint density at radius 1 is 1.12 bits per heavy atom. The molecule has 1 heterocycles. The van der Waals surface area contributed by atoms with E-state index >= 15 is 0 Å². The Morgan fingerprint density at radius 2 is 1.83 bits per heavy atom. The van der Waals surface area contributed by atoms with Crippen LogP contribution in [0.15, 0.2) is 59.0 Å². The van der Waals surface area contributed by atoms with Crippen molar-refractivity contribution in [1.29, 1.82) is 5.26 Å². The van der Waals surface area contributed by atoms with Crippen molar-refractivity contribution in [1.82, 2.24) is 4.98 Å². The van der Waals surface area contributed by atoms with Gasteiger partial charge in [-0.2, -0.15) is 10.2 Å². The number of hydrogen-bond donors (Lipinski definition) is 0. The average molecular weight is 319 g/mol. The van der Waals surface area contributed by atoms with Gasteiger partial charge < -0.3 is 14.1 Å². The predicted molar refractivity (Wildman–Crippen MR) is 91.8 cm³/mol. The Labute approximate surface area is 140 Å². The molecule has 0 N–H and O–H groups in total. The normalized spacial score (nSPS) is 10.2. The van der Waals surface area contributed by atoms with E-state index in [4.69, 9.17) is 9.15 Å². The SMILES string of the molecule is COc1ccccc1-c1nc(C#N)c(N(C)Cc2ccccc2)o1. The number of aromatic nitrogens is 1. The highest BCUT2D eigenvalue weighted by Gasteiger charge is 2.20. The lowest BCUT2D eigenvalue weighted by Crippen LogP contribution is -2.16. The molecule has 0 aliphatic carbocycles. The van der Waals surface area contributed by atoms with Crippen molar-refractivity contribution in [3.63, 3.8) is 0 Å². The van der Waals surface area contributed by atoms with E-state index in [0.717, 1.165) is 11.1 Å². The molecule has 0 amide bonds. The Morgan fingerprint density at radius 3 is 2.54 bits per heavy atom. The molecule has 24 heavy (non-hydrogen) atoms. The summed E-state index contributed by atoms with van der Waals surface area (Å²) in [6.45, 7) is 0.621. The number of anilines is 1. The zero-order valence-electron chi connectivity index (χ0n) is 13.6. The van der Waals surface area contributed by atoms with E-state index in [1.165, 1.54) is 0 Å². The molecule has 0 fully saturated rings. The summed E-state index contributed by atoms with van der Waals surface area (Å²) in [6, 6.07) is 19.5. The number of hydrogen-bond acceptors (Lipinski definition) is 5. The molecular formula is C19H17N3O2. The van der Waals surface area contributed by atoms with Crippen molar-refractivity contribution in [2.24, 2.45) is 0 Å². The molecule has 0 radical (unpaired) electrons. The van der Waals surface area contributed by atoms with Gasteiger partial charge in [0, 0.05) is 13.6 Å². The molecule has 0 aliphatic heterocycles. The van der Waals surface area contributed by atoms with Crippen LogP contribution >= 0.6 is 0 Å². The number of nitrogens with zero attached hydrogens (tertiary/aromatic N) is 3. The minimum absolute atomic E-state index is 0.259. The van der Waals surface area contributed by atoms with E-state index in [2.05, 4.69) is 11.1 Å². The van der Waals surface area contributed by atoms with Crippen LogP contribution in [0.4, 0.5) is 5.88 Å². The molecule has 0 unspecified atom stereocenters. The summed E-state index contributed by atoms with van der Waals surface area (Å²) < 4.78 is 11.2. The molecule has 3 rings (SSSR count). The fourth-order valence-electron chi connectivity index (χ4n) is 2.51. The van der Waals surface area contributed by atoms with E-state index in [-0.39, 0.29) is 5.69 Å². The topological polar surface area (TPSA) is 62.3 Å². The van der Waals surface area contributed by atoms with Gasteiger partial charge in [-0.15, -0.1) is 0 Å². The maximum absolute atomic E-state index is 9.39. The van der Waals surface area contributed by atoms with Crippen LogP contribution in [0.25, 0.3) is 11.5 Å². The fraction of sp³-hybridized carbons (Fsp3) is 0.158. The second kappa shape index (κ2) is 6.88. The first kappa shape index (κ1) is 15.6. The third kappa shape index (κ3) is 3.08. The predicted octanol–water partition coefficient (Wildman–Crippen LogP) is 3.86. The summed E-state index contributed by atoms with van der Waals surface area (Å²) in [5.74, 6) is 1.47. The van der Waals surface area contributed by atoms with E-state index < -0.39 is 0 Å². The van der Waals surface area contributed by atoms with Crippen molar-refractivity contribution in [2.45, 2.75) is 6.54 Å². The number of ether oxygens (including phenoxy) is 1. The number of methoxy groups -OCH3 is 1. The van der Waals surface area contributed by atoms with Crippen molar-refractivity contribution in [3.8, 4) is 23.3 Å². The Kier molecular flexibility index (Phi) is 4.48. The largest absolute Gasteiger partial charge is 0.496 e. The van der Waals surface area contributed by atoms with Gasteiger partial charge in [0.1, 0.15) is 11.8 Å². The number of benzene rings is 2. The highest BCUT2D eigenvalue weighted by molar-refractivity contribution is 5.65. The molecule has 2 aromatic carbocycles. The van der Waals surface area contributed by atoms with Gasteiger partial charge in [0.05, 0.1) is 12.7 Å². The van der Waals surface area contributed by atoms with Crippen LogP contribution in [-0.4, -0.2) is 19.1 Å². The standard InChI is InChI=1S/C19H17N3O2/c1-22(13-14-8-4-3-5-9-14)19-16(12-20)21-18(24-19)15-10-6-7-11-17(15)23-2/h3-11H,13H2,1-2H3. The van der Waals surface area contributed by atoms with Gasteiger partial charge >= 0.3 is 0 Å². The molecule has 1 aromatic heterocycles. The Hall–Kier alpha value is -3.26. The third-order valence-electron chi connectivity index (χ3n) is 3.66. The number of oxazole rings is 1.